The number of aromatic hydroxyl groups is 1. The minimum atomic E-state index is -0.0830. The number of nitrogens with zero attached hydrogens (tertiary/aromatic N) is 2. The van der Waals surface area contributed by atoms with Gasteiger partial charge in [-0.25, -0.2) is 4.98 Å². The molecule has 0 aliphatic carbocycles. The third-order valence-corrected chi connectivity index (χ3v) is 7.85. The molecular weight excluding hydrogens is 579 g/mol. The van der Waals surface area contributed by atoms with Crippen LogP contribution in [-0.2, 0) is 5.41 Å². The molecule has 0 fully saturated rings. The summed E-state index contributed by atoms with van der Waals surface area (Å²) in [6.45, 7) is 4.51. The summed E-state index contributed by atoms with van der Waals surface area (Å²) in [6.07, 6.45) is 4.17. The molecule has 5 aromatic rings. The SMILES string of the molecule is C[N+]1=C(C=Cc2ccc(-c3ccc(O)c(-c4nc5ccccc5s4)c3)o2)C(C)(C)c2ccccc21.[I-]. The van der Waals surface area contributed by atoms with Gasteiger partial charge >= 0.3 is 0 Å². The van der Waals surface area contributed by atoms with Crippen LogP contribution in [-0.4, -0.2) is 27.4 Å². The van der Waals surface area contributed by atoms with Gasteiger partial charge in [-0.2, -0.15) is 4.58 Å². The molecule has 1 N–H and O–H groups in total. The van der Waals surface area contributed by atoms with Gasteiger partial charge in [-0.3, -0.25) is 0 Å². The number of phenolic OH excluding ortho intramolecular Hbond substituents is 1. The smallest absolute Gasteiger partial charge is 0.209 e. The van der Waals surface area contributed by atoms with E-state index in [4.69, 9.17) is 9.40 Å². The van der Waals surface area contributed by atoms with E-state index < -0.39 is 0 Å². The van der Waals surface area contributed by atoms with E-state index in [2.05, 4.69) is 55.8 Å². The summed E-state index contributed by atoms with van der Waals surface area (Å²) in [4.78, 5) is 4.70. The zero-order valence-electron chi connectivity index (χ0n) is 20.2. The number of halogens is 1. The topological polar surface area (TPSA) is 49.3 Å². The molecule has 3 heterocycles. The van der Waals surface area contributed by atoms with Crippen molar-refractivity contribution in [2.45, 2.75) is 19.3 Å². The molecule has 0 saturated carbocycles. The number of rotatable bonds is 4. The molecule has 6 rings (SSSR count). The molecule has 1 aliphatic rings. The predicted molar refractivity (Wildman–Crippen MR) is 144 cm³/mol. The van der Waals surface area contributed by atoms with Crippen molar-refractivity contribution in [1.82, 2.24) is 4.98 Å². The molecule has 0 bridgehead atoms. The average molecular weight is 605 g/mol. The molecule has 36 heavy (non-hydrogen) atoms. The van der Waals surface area contributed by atoms with E-state index in [1.807, 2.05) is 54.6 Å². The first-order chi connectivity index (χ1) is 16.9. The number of phenols is 1. The Hall–Kier alpha value is -3.23. The Morgan fingerprint density at radius 3 is 2.53 bits per heavy atom. The summed E-state index contributed by atoms with van der Waals surface area (Å²) in [7, 11) is 2.11. The predicted octanol–water partition coefficient (Wildman–Crippen LogP) is 4.65. The average Bonchev–Trinajstić information content (AvgIpc) is 3.55. The van der Waals surface area contributed by atoms with Crippen LogP contribution in [0.3, 0.4) is 0 Å². The summed E-state index contributed by atoms with van der Waals surface area (Å²) in [6, 6.07) is 26.0. The Labute approximate surface area is 231 Å². The van der Waals surface area contributed by atoms with Crippen molar-refractivity contribution in [2.24, 2.45) is 0 Å². The Bertz CT molecular complexity index is 1630. The summed E-state index contributed by atoms with van der Waals surface area (Å²) in [5.41, 5.74) is 6.24. The van der Waals surface area contributed by atoms with Gasteiger partial charge in [0.2, 0.25) is 5.69 Å². The second-order valence-corrected chi connectivity index (χ2v) is 10.4. The number of aromatic nitrogens is 1. The molecule has 2 aromatic heterocycles. The minimum absolute atomic E-state index is 0. The van der Waals surface area contributed by atoms with Gasteiger partial charge < -0.3 is 33.5 Å². The highest BCUT2D eigenvalue weighted by molar-refractivity contribution is 7.21. The van der Waals surface area contributed by atoms with Gasteiger partial charge in [0.25, 0.3) is 0 Å². The summed E-state index contributed by atoms with van der Waals surface area (Å²) >= 11 is 1.57. The highest BCUT2D eigenvalue weighted by Crippen LogP contribution is 2.40. The molecule has 0 saturated heterocycles. The molecule has 4 nitrogen and oxygen atoms in total. The van der Waals surface area contributed by atoms with E-state index in [-0.39, 0.29) is 35.1 Å². The highest BCUT2D eigenvalue weighted by atomic mass is 127. The van der Waals surface area contributed by atoms with E-state index in [1.165, 1.54) is 17.0 Å². The van der Waals surface area contributed by atoms with Crippen molar-refractivity contribution in [3.05, 3.63) is 96.3 Å². The van der Waals surface area contributed by atoms with Crippen LogP contribution < -0.4 is 24.0 Å². The number of hydrogen-bond donors (Lipinski definition) is 1. The van der Waals surface area contributed by atoms with E-state index >= 15 is 0 Å². The lowest BCUT2D eigenvalue weighted by molar-refractivity contribution is -0.401. The van der Waals surface area contributed by atoms with Crippen molar-refractivity contribution < 1.29 is 38.1 Å². The molecule has 1 aliphatic heterocycles. The summed E-state index contributed by atoms with van der Waals surface area (Å²) in [5.74, 6) is 1.74. The van der Waals surface area contributed by atoms with Crippen LogP contribution in [0.15, 0.2) is 89.4 Å². The van der Waals surface area contributed by atoms with Crippen LogP contribution in [0.5, 0.6) is 5.75 Å². The largest absolute Gasteiger partial charge is 1.00 e. The second kappa shape index (κ2) is 9.33. The standard InChI is InChI=1S/C30H24N2O2S.HI/c1-30(2)22-8-4-6-10-24(22)32(3)28(30)17-14-20-13-16-26(34-20)19-12-15-25(33)21(18-19)29-31-23-9-5-7-11-27(23)35-29;/h4-18H,1-3H3;1H. The lowest BCUT2D eigenvalue weighted by Gasteiger charge is -2.14. The van der Waals surface area contributed by atoms with Gasteiger partial charge in [0.15, 0.2) is 5.71 Å². The van der Waals surface area contributed by atoms with Gasteiger partial charge in [0, 0.05) is 23.3 Å². The number of para-hydroxylation sites is 2. The first-order valence-corrected chi connectivity index (χ1v) is 12.4. The number of benzene rings is 3. The third-order valence-electron chi connectivity index (χ3n) is 6.78. The molecule has 0 atom stereocenters. The lowest BCUT2D eigenvalue weighted by Crippen LogP contribution is -3.00. The Kier molecular flexibility index (Phi) is 6.34. The maximum Gasteiger partial charge on any atom is 0.209 e. The van der Waals surface area contributed by atoms with Crippen molar-refractivity contribution in [1.29, 1.82) is 0 Å². The van der Waals surface area contributed by atoms with Crippen LogP contribution in [0.2, 0.25) is 0 Å². The van der Waals surface area contributed by atoms with Crippen LogP contribution in [0.1, 0.15) is 25.2 Å². The van der Waals surface area contributed by atoms with Crippen molar-refractivity contribution in [2.75, 3.05) is 7.05 Å². The van der Waals surface area contributed by atoms with Crippen molar-refractivity contribution in [3.63, 3.8) is 0 Å². The van der Waals surface area contributed by atoms with E-state index in [0.29, 0.717) is 5.56 Å². The molecule has 0 unspecified atom stereocenters. The monoisotopic (exact) mass is 604 g/mol. The highest BCUT2D eigenvalue weighted by Gasteiger charge is 2.42. The number of allylic oxidation sites excluding steroid dienone is 1. The van der Waals surface area contributed by atoms with Crippen molar-refractivity contribution in [3.8, 4) is 27.6 Å². The molecule has 180 valence electrons. The molecular formula is C30H25IN2O2S. The van der Waals surface area contributed by atoms with E-state index in [9.17, 15) is 5.11 Å². The van der Waals surface area contributed by atoms with Crippen molar-refractivity contribution >= 4 is 39.0 Å². The van der Waals surface area contributed by atoms with Crippen LogP contribution in [0.4, 0.5) is 5.69 Å². The Morgan fingerprint density at radius 1 is 0.944 bits per heavy atom. The molecule has 0 amide bonds. The normalized spacial score (nSPS) is 14.4. The second-order valence-electron chi connectivity index (χ2n) is 9.34. The number of furan rings is 1. The molecule has 0 radical (unpaired) electrons. The van der Waals surface area contributed by atoms with Crippen LogP contribution in [0, 0.1) is 0 Å². The van der Waals surface area contributed by atoms with Gasteiger partial charge in [0.05, 0.1) is 21.2 Å². The lowest BCUT2D eigenvalue weighted by atomic mass is 9.81. The minimum Gasteiger partial charge on any atom is -1.00 e. The molecule has 3 aromatic carbocycles. The fourth-order valence-electron chi connectivity index (χ4n) is 4.91. The number of fused-ring (bicyclic) bond motifs is 2. The van der Waals surface area contributed by atoms with E-state index in [1.54, 1.807) is 17.4 Å². The molecule has 6 heteroatoms. The fraction of sp³-hybridized carbons (Fsp3) is 0.133. The fourth-order valence-corrected chi connectivity index (χ4v) is 5.90. The number of hydrogen-bond acceptors (Lipinski definition) is 4. The summed E-state index contributed by atoms with van der Waals surface area (Å²) < 4.78 is 9.53. The first-order valence-electron chi connectivity index (χ1n) is 11.6. The van der Waals surface area contributed by atoms with Crippen LogP contribution >= 0.6 is 11.3 Å². The van der Waals surface area contributed by atoms with Gasteiger partial charge in [0.1, 0.15) is 29.3 Å². The summed E-state index contributed by atoms with van der Waals surface area (Å²) in [5, 5.41) is 11.3. The Balaban J connectivity index is 0.00000267. The molecule has 0 spiro atoms. The Morgan fingerprint density at radius 2 is 1.72 bits per heavy atom. The van der Waals surface area contributed by atoms with E-state index in [0.717, 1.165) is 32.3 Å². The zero-order chi connectivity index (χ0) is 24.2. The number of thiazole rings is 1. The third kappa shape index (κ3) is 4.08. The van der Waals surface area contributed by atoms with Gasteiger partial charge in [-0.1, -0.05) is 30.3 Å². The van der Waals surface area contributed by atoms with Gasteiger partial charge in [-0.15, -0.1) is 11.3 Å². The maximum atomic E-state index is 10.5. The quantitative estimate of drug-likeness (QED) is 0.240. The first kappa shape index (κ1) is 24.5. The van der Waals surface area contributed by atoms with Gasteiger partial charge in [-0.05, 0) is 62.4 Å². The maximum absolute atomic E-state index is 10.5. The van der Waals surface area contributed by atoms with Crippen LogP contribution in [0.25, 0.3) is 38.2 Å². The zero-order valence-corrected chi connectivity index (χ0v) is 23.2.